The zero-order valence-electron chi connectivity index (χ0n) is 16.8. The van der Waals surface area contributed by atoms with E-state index in [1.807, 2.05) is 6.92 Å². The second kappa shape index (κ2) is 8.14. The number of ether oxygens (including phenoxy) is 2. The van der Waals surface area contributed by atoms with E-state index in [9.17, 15) is 19.5 Å². The van der Waals surface area contributed by atoms with Crippen LogP contribution < -0.4 is 9.47 Å². The van der Waals surface area contributed by atoms with Gasteiger partial charge in [0, 0.05) is 18.5 Å². The number of likely N-dealkylation sites (tertiary alicyclic amines) is 1. The van der Waals surface area contributed by atoms with Crippen LogP contribution in [0.4, 0.5) is 0 Å². The number of hydrogen-bond donors (Lipinski definition) is 2. The summed E-state index contributed by atoms with van der Waals surface area (Å²) in [5.41, 5.74) is 1.92. The molecule has 2 heterocycles. The second-order valence-corrected chi connectivity index (χ2v) is 7.47. The van der Waals surface area contributed by atoms with Crippen molar-refractivity contribution in [1.29, 1.82) is 0 Å². The Morgan fingerprint density at radius 2 is 1.77 bits per heavy atom. The van der Waals surface area contributed by atoms with Crippen molar-refractivity contribution in [3.8, 4) is 11.5 Å². The molecule has 0 unspecified atom stereocenters. The predicted molar refractivity (Wildman–Crippen MR) is 110 cm³/mol. The number of carboxylic acid groups (broad SMARTS) is 1. The number of carbonyl (C=O) groups is 3. The number of benzene rings is 2. The fraction of sp³-hybridized carbons (Fsp3) is 0.261. The maximum Gasteiger partial charge on any atom is 0.303 e. The Balaban J connectivity index is 1.80. The van der Waals surface area contributed by atoms with Crippen LogP contribution in [-0.2, 0) is 14.4 Å². The van der Waals surface area contributed by atoms with Gasteiger partial charge in [-0.1, -0.05) is 35.9 Å². The fourth-order valence-electron chi connectivity index (χ4n) is 3.81. The number of carbonyl (C=O) groups excluding carboxylic acids is 2. The van der Waals surface area contributed by atoms with Crippen LogP contribution in [0.5, 0.6) is 11.5 Å². The zero-order valence-corrected chi connectivity index (χ0v) is 16.8. The quantitative estimate of drug-likeness (QED) is 0.417. The highest BCUT2D eigenvalue weighted by molar-refractivity contribution is 6.46. The smallest absolute Gasteiger partial charge is 0.303 e. The number of rotatable bonds is 6. The monoisotopic (exact) mass is 423 g/mol. The molecule has 2 aliphatic heterocycles. The highest BCUT2D eigenvalue weighted by atomic mass is 16.7. The summed E-state index contributed by atoms with van der Waals surface area (Å²) < 4.78 is 10.8. The van der Waals surface area contributed by atoms with E-state index < -0.39 is 23.7 Å². The minimum absolute atomic E-state index is 0.0388. The van der Waals surface area contributed by atoms with E-state index in [1.54, 1.807) is 42.5 Å². The minimum atomic E-state index is -0.990. The molecule has 0 radical (unpaired) electrons. The summed E-state index contributed by atoms with van der Waals surface area (Å²) in [6.07, 6.45) is 0.0306. The molecule has 0 bridgehead atoms. The number of aliphatic hydroxyl groups is 1. The Labute approximate surface area is 178 Å². The van der Waals surface area contributed by atoms with Gasteiger partial charge in [-0.2, -0.15) is 0 Å². The van der Waals surface area contributed by atoms with E-state index >= 15 is 0 Å². The van der Waals surface area contributed by atoms with Gasteiger partial charge in [0.05, 0.1) is 11.6 Å². The van der Waals surface area contributed by atoms with Crippen LogP contribution in [-0.4, -0.2) is 46.1 Å². The topological polar surface area (TPSA) is 113 Å². The summed E-state index contributed by atoms with van der Waals surface area (Å²) in [5, 5.41) is 19.9. The molecule has 0 aliphatic carbocycles. The molecular weight excluding hydrogens is 402 g/mol. The van der Waals surface area contributed by atoms with Crippen LogP contribution in [0.15, 0.2) is 48.0 Å². The number of nitrogens with zero attached hydrogens (tertiary/aromatic N) is 1. The summed E-state index contributed by atoms with van der Waals surface area (Å²) in [6, 6.07) is 11.1. The van der Waals surface area contributed by atoms with Crippen LogP contribution in [0.3, 0.4) is 0 Å². The molecule has 2 aromatic rings. The van der Waals surface area contributed by atoms with Crippen LogP contribution in [0, 0.1) is 6.92 Å². The molecular formula is C23H21NO7. The predicted octanol–water partition coefficient (Wildman–Crippen LogP) is 3.01. The SMILES string of the molecule is Cc1ccc(C(O)=C2C(=O)C(=O)N(CCCC(=O)O)[C@@H]2c2ccc3c(c2)OCO3)cc1. The first-order valence-electron chi connectivity index (χ1n) is 9.83. The number of aliphatic hydroxyl groups excluding tert-OH is 1. The molecule has 0 aromatic heterocycles. The molecule has 0 saturated carbocycles. The Hall–Kier alpha value is -3.81. The summed E-state index contributed by atoms with van der Waals surface area (Å²) in [4.78, 5) is 38.0. The van der Waals surface area contributed by atoms with Crippen molar-refractivity contribution in [2.45, 2.75) is 25.8 Å². The summed E-state index contributed by atoms with van der Waals surface area (Å²) in [7, 11) is 0. The molecule has 2 N–H and O–H groups in total. The van der Waals surface area contributed by atoms with Crippen molar-refractivity contribution in [2.24, 2.45) is 0 Å². The summed E-state index contributed by atoms with van der Waals surface area (Å²) >= 11 is 0. The maximum absolute atomic E-state index is 12.9. The third-order valence-electron chi connectivity index (χ3n) is 5.37. The molecule has 1 atom stereocenters. The maximum atomic E-state index is 12.9. The van der Waals surface area contributed by atoms with E-state index in [-0.39, 0.29) is 37.5 Å². The molecule has 4 rings (SSSR count). The normalized spacial score (nSPS) is 19.1. The van der Waals surface area contributed by atoms with Crippen molar-refractivity contribution in [3.63, 3.8) is 0 Å². The van der Waals surface area contributed by atoms with Gasteiger partial charge >= 0.3 is 5.97 Å². The van der Waals surface area contributed by atoms with Gasteiger partial charge in [-0.15, -0.1) is 0 Å². The first kappa shape index (κ1) is 20.5. The molecule has 0 spiro atoms. The van der Waals surface area contributed by atoms with E-state index in [0.29, 0.717) is 22.6 Å². The number of aliphatic carboxylic acids is 1. The summed E-state index contributed by atoms with van der Waals surface area (Å²) in [5.74, 6) is -1.83. The van der Waals surface area contributed by atoms with Gasteiger partial charge in [0.15, 0.2) is 11.5 Å². The second-order valence-electron chi connectivity index (χ2n) is 7.47. The van der Waals surface area contributed by atoms with Gasteiger partial charge in [-0.05, 0) is 31.0 Å². The average Bonchev–Trinajstić information content (AvgIpc) is 3.31. The van der Waals surface area contributed by atoms with Crippen LogP contribution in [0.2, 0.25) is 0 Å². The fourth-order valence-corrected chi connectivity index (χ4v) is 3.81. The number of ketones is 1. The summed E-state index contributed by atoms with van der Waals surface area (Å²) in [6.45, 7) is 2.03. The molecule has 8 nitrogen and oxygen atoms in total. The lowest BCUT2D eigenvalue weighted by Crippen LogP contribution is -2.31. The Morgan fingerprint density at radius 3 is 2.48 bits per heavy atom. The van der Waals surface area contributed by atoms with E-state index in [1.165, 1.54) is 4.90 Å². The third kappa shape index (κ3) is 3.84. The average molecular weight is 423 g/mol. The third-order valence-corrected chi connectivity index (χ3v) is 5.37. The van der Waals surface area contributed by atoms with E-state index in [0.717, 1.165) is 5.56 Å². The van der Waals surface area contributed by atoms with Gasteiger partial charge in [0.2, 0.25) is 6.79 Å². The van der Waals surface area contributed by atoms with E-state index in [2.05, 4.69) is 0 Å². The Bertz CT molecular complexity index is 1090. The zero-order chi connectivity index (χ0) is 22.1. The number of aryl methyl sites for hydroxylation is 1. The molecule has 2 aromatic carbocycles. The Morgan fingerprint density at radius 1 is 1.06 bits per heavy atom. The van der Waals surface area contributed by atoms with Crippen LogP contribution in [0.1, 0.15) is 35.6 Å². The molecule has 1 saturated heterocycles. The van der Waals surface area contributed by atoms with Gasteiger partial charge in [-0.3, -0.25) is 14.4 Å². The van der Waals surface area contributed by atoms with Crippen molar-refractivity contribution in [3.05, 3.63) is 64.7 Å². The van der Waals surface area contributed by atoms with Gasteiger partial charge in [0.25, 0.3) is 11.7 Å². The van der Waals surface area contributed by atoms with Crippen molar-refractivity contribution < 1.29 is 34.1 Å². The van der Waals surface area contributed by atoms with Gasteiger partial charge in [0.1, 0.15) is 5.76 Å². The molecule has 160 valence electrons. The number of hydrogen-bond acceptors (Lipinski definition) is 6. The molecule has 2 aliphatic rings. The Kier molecular flexibility index (Phi) is 5.37. The number of Topliss-reactive ketones (excluding diaryl/α,β-unsaturated/α-hetero) is 1. The largest absolute Gasteiger partial charge is 0.507 e. The standard InChI is InChI=1S/C23H21NO7/c1-13-4-6-14(7-5-13)21(27)19-20(15-8-9-16-17(11-15)31-12-30-16)24(23(29)22(19)28)10-2-3-18(25)26/h4-9,11,20,27H,2-3,10,12H2,1H3,(H,25,26)/t20-/m1/s1. The lowest BCUT2D eigenvalue weighted by atomic mass is 9.94. The van der Waals surface area contributed by atoms with Crippen molar-refractivity contribution in [1.82, 2.24) is 4.90 Å². The number of fused-ring (bicyclic) bond motifs is 1. The highest BCUT2D eigenvalue weighted by Crippen LogP contribution is 2.43. The van der Waals surface area contributed by atoms with Crippen LogP contribution >= 0.6 is 0 Å². The lowest BCUT2D eigenvalue weighted by molar-refractivity contribution is -0.140. The molecule has 1 fully saturated rings. The highest BCUT2D eigenvalue weighted by Gasteiger charge is 2.46. The number of amides is 1. The van der Waals surface area contributed by atoms with Gasteiger partial charge in [-0.25, -0.2) is 0 Å². The first-order chi connectivity index (χ1) is 14.9. The molecule has 31 heavy (non-hydrogen) atoms. The minimum Gasteiger partial charge on any atom is -0.507 e. The van der Waals surface area contributed by atoms with E-state index in [4.69, 9.17) is 14.6 Å². The lowest BCUT2D eigenvalue weighted by Gasteiger charge is -2.25. The van der Waals surface area contributed by atoms with Crippen LogP contribution in [0.25, 0.3) is 5.76 Å². The van der Waals surface area contributed by atoms with Crippen molar-refractivity contribution in [2.75, 3.05) is 13.3 Å². The van der Waals surface area contributed by atoms with Crippen molar-refractivity contribution >= 4 is 23.4 Å². The first-order valence-corrected chi connectivity index (χ1v) is 9.83. The molecule has 1 amide bonds. The van der Waals surface area contributed by atoms with Gasteiger partial charge < -0.3 is 24.6 Å². The molecule has 8 heteroatoms. The number of carboxylic acids is 1.